The SMILES string of the molecule is CC(C)S(=O)(=O)N1CCN([C@H](CN[C@]23CC[C@@H](C4(C)CC4)[C@@H]2[C@H]2CC[C@@H]4[C@]5(C)CC[C@H]([C@@]6(C(=O)O)C[C@@H](C(=O)OCc7ccccc7)C6(C)C)C(C)(C)[C@H]5CC[C@@]4(C)[C@]2(C)CC3)[C@@H](C)O)CC1. The standard InChI is InChI=1S/C56H89N3O7S/c1-36(2)67(64,65)59-31-29-58(30-32-59)42(37(3)60)34-57-55-24-19-39(51(8)25-26-51)46(55)40-17-18-45-52(9)22-20-44(49(4,5)43(52)21-23-54(45,11)53(40,10)27-28-55)56(48(62)63)33-41(50(56,6)7)47(61)66-35-38-15-13-12-14-16-38/h12-16,36-37,39-46,57,60H,17-35H2,1-11H3,(H,62,63)/t37-,39-,40-,41+,42-,43-,44+,45-,46-,52-,53-,54-,55+,56-/m1/s1. The van der Waals surface area contributed by atoms with Crippen molar-refractivity contribution >= 4 is 22.0 Å². The van der Waals surface area contributed by atoms with Gasteiger partial charge >= 0.3 is 11.9 Å². The Kier molecular flexibility index (Phi) is 12.5. The van der Waals surface area contributed by atoms with Crippen LogP contribution in [-0.2, 0) is 31.0 Å². The van der Waals surface area contributed by atoms with E-state index >= 15 is 0 Å². The molecule has 3 N–H and O–H groups in total. The Morgan fingerprint density at radius 3 is 2.01 bits per heavy atom. The molecule has 1 saturated heterocycles. The molecule has 1 aromatic rings. The third-order valence-electron chi connectivity index (χ3n) is 23.4. The lowest BCUT2D eigenvalue weighted by molar-refractivity contribution is -0.268. The maximum atomic E-state index is 13.9. The first-order valence-electron chi connectivity index (χ1n) is 26.9. The summed E-state index contributed by atoms with van der Waals surface area (Å²) in [6.07, 6.45) is 14.0. The molecule has 0 unspecified atom stereocenters. The normalized spacial score (nSPS) is 43.1. The van der Waals surface area contributed by atoms with E-state index in [-0.39, 0.29) is 51.7 Å². The molecular weight excluding hydrogens is 859 g/mol. The van der Waals surface area contributed by atoms with Crippen molar-refractivity contribution in [2.24, 2.45) is 79.3 Å². The second-order valence-corrected chi connectivity index (χ2v) is 29.1. The van der Waals surface area contributed by atoms with Gasteiger partial charge in [0.2, 0.25) is 10.0 Å². The smallest absolute Gasteiger partial charge is 0.310 e. The van der Waals surface area contributed by atoms with Gasteiger partial charge in [0, 0.05) is 44.3 Å². The number of carboxylic acid groups (broad SMARTS) is 1. The Labute approximate surface area is 404 Å². The predicted molar refractivity (Wildman–Crippen MR) is 264 cm³/mol. The Hall–Kier alpha value is -2.05. The molecule has 1 aliphatic heterocycles. The molecule has 0 aromatic heterocycles. The molecule has 9 rings (SSSR count). The van der Waals surface area contributed by atoms with E-state index in [4.69, 9.17) is 4.74 Å². The Bertz CT molecular complexity index is 2150. The van der Waals surface area contributed by atoms with Crippen LogP contribution in [0.5, 0.6) is 0 Å². The van der Waals surface area contributed by atoms with Crippen LogP contribution in [0.25, 0.3) is 0 Å². The molecule has 10 nitrogen and oxygen atoms in total. The summed E-state index contributed by atoms with van der Waals surface area (Å²) in [5.74, 6) is 1.35. The van der Waals surface area contributed by atoms with Gasteiger partial charge in [-0.3, -0.25) is 14.5 Å². The highest BCUT2D eigenvalue weighted by atomic mass is 32.2. The van der Waals surface area contributed by atoms with E-state index in [1.165, 1.54) is 51.4 Å². The second kappa shape index (κ2) is 16.8. The van der Waals surface area contributed by atoms with Crippen molar-refractivity contribution in [2.75, 3.05) is 32.7 Å². The summed E-state index contributed by atoms with van der Waals surface area (Å²) in [6.45, 7) is 28.1. The van der Waals surface area contributed by atoms with Gasteiger partial charge in [0.1, 0.15) is 6.61 Å². The van der Waals surface area contributed by atoms with Crippen LogP contribution in [0.4, 0.5) is 0 Å². The fourth-order valence-corrected chi connectivity index (χ4v) is 20.2. The zero-order valence-corrected chi connectivity index (χ0v) is 44.2. The molecule has 11 heteroatoms. The Morgan fingerprint density at radius 2 is 1.42 bits per heavy atom. The quantitative estimate of drug-likeness (QED) is 0.165. The molecule has 1 aromatic carbocycles. The summed E-state index contributed by atoms with van der Waals surface area (Å²) in [6, 6.07) is 9.67. The lowest BCUT2D eigenvalue weighted by atomic mass is 9.29. The number of esters is 1. The van der Waals surface area contributed by atoms with Gasteiger partial charge in [0.05, 0.1) is 22.7 Å². The number of fused-ring (bicyclic) bond motifs is 7. The van der Waals surface area contributed by atoms with Crippen molar-refractivity contribution in [3.05, 3.63) is 35.9 Å². The van der Waals surface area contributed by atoms with Gasteiger partial charge < -0.3 is 20.3 Å². The van der Waals surface area contributed by atoms with Crippen LogP contribution in [0.15, 0.2) is 30.3 Å². The van der Waals surface area contributed by atoms with Gasteiger partial charge in [-0.2, -0.15) is 4.31 Å². The van der Waals surface area contributed by atoms with Crippen molar-refractivity contribution in [3.63, 3.8) is 0 Å². The second-order valence-electron chi connectivity index (χ2n) is 26.6. The maximum Gasteiger partial charge on any atom is 0.310 e. The number of piperazine rings is 1. The number of nitrogens with one attached hydrogen (secondary N) is 1. The van der Waals surface area contributed by atoms with E-state index in [0.717, 1.165) is 37.8 Å². The largest absolute Gasteiger partial charge is 0.481 e. The number of aliphatic hydroxyl groups is 1. The molecule has 0 amide bonds. The molecular formula is C56H89N3O7S. The van der Waals surface area contributed by atoms with Crippen LogP contribution in [0.1, 0.15) is 165 Å². The summed E-state index contributed by atoms with van der Waals surface area (Å²) in [5.41, 5.74) is -0.135. The van der Waals surface area contributed by atoms with Crippen LogP contribution in [0, 0.1) is 79.3 Å². The van der Waals surface area contributed by atoms with Crippen LogP contribution in [-0.4, -0.2) is 95.4 Å². The molecule has 0 bridgehead atoms. The van der Waals surface area contributed by atoms with E-state index in [2.05, 4.69) is 51.8 Å². The summed E-state index contributed by atoms with van der Waals surface area (Å²) in [7, 11) is -3.31. The van der Waals surface area contributed by atoms with Crippen LogP contribution >= 0.6 is 0 Å². The number of carbonyl (C=O) groups is 2. The van der Waals surface area contributed by atoms with Crippen LogP contribution in [0.3, 0.4) is 0 Å². The molecule has 0 radical (unpaired) electrons. The van der Waals surface area contributed by atoms with Crippen LogP contribution < -0.4 is 5.32 Å². The summed E-state index contributed by atoms with van der Waals surface area (Å²) in [5, 5.41) is 26.6. The first-order valence-corrected chi connectivity index (χ1v) is 28.4. The minimum absolute atomic E-state index is 0.0350. The van der Waals surface area contributed by atoms with Crippen molar-refractivity contribution in [1.29, 1.82) is 0 Å². The first kappa shape index (κ1) is 49.9. The van der Waals surface area contributed by atoms with Gasteiger partial charge in [0.25, 0.3) is 0 Å². The average molecular weight is 948 g/mol. The monoisotopic (exact) mass is 948 g/mol. The lowest BCUT2D eigenvalue weighted by Gasteiger charge is -2.75. The van der Waals surface area contributed by atoms with Gasteiger partial charge in [-0.1, -0.05) is 85.7 Å². The number of nitrogens with zero attached hydrogens (tertiary/aromatic N) is 2. The van der Waals surface area contributed by atoms with Gasteiger partial charge in [-0.25, -0.2) is 8.42 Å². The third-order valence-corrected chi connectivity index (χ3v) is 25.6. The fourth-order valence-electron chi connectivity index (χ4n) is 19.0. The highest BCUT2D eigenvalue weighted by Gasteiger charge is 2.77. The van der Waals surface area contributed by atoms with Crippen molar-refractivity contribution in [1.82, 2.24) is 14.5 Å². The number of benzene rings is 1. The molecule has 7 aliphatic carbocycles. The number of hydrogen-bond acceptors (Lipinski definition) is 8. The molecule has 1 heterocycles. The molecule has 0 spiro atoms. The first-order chi connectivity index (χ1) is 31.3. The fraction of sp³-hybridized carbons (Fsp3) is 0.857. The summed E-state index contributed by atoms with van der Waals surface area (Å²) in [4.78, 5) is 29.9. The average Bonchev–Trinajstić information content (AvgIpc) is 3.89. The highest BCUT2D eigenvalue weighted by Crippen LogP contribution is 2.80. The molecule has 14 atom stereocenters. The number of carbonyl (C=O) groups excluding carboxylic acids is 1. The number of hydrogen-bond donors (Lipinski definition) is 3. The van der Waals surface area contributed by atoms with Gasteiger partial charge in [-0.15, -0.1) is 0 Å². The van der Waals surface area contributed by atoms with E-state index in [1.54, 1.807) is 18.2 Å². The summed E-state index contributed by atoms with van der Waals surface area (Å²) < 4.78 is 33.6. The Balaban J connectivity index is 0.940. The number of aliphatic carboxylic acids is 1. The molecule has 7 saturated carbocycles. The number of aliphatic hydroxyl groups excluding tert-OH is 1. The maximum absolute atomic E-state index is 13.9. The van der Waals surface area contributed by atoms with Crippen molar-refractivity contribution < 1.29 is 33.0 Å². The molecule has 8 fully saturated rings. The van der Waals surface area contributed by atoms with E-state index in [1.807, 2.05) is 51.1 Å². The summed E-state index contributed by atoms with van der Waals surface area (Å²) >= 11 is 0. The minimum Gasteiger partial charge on any atom is -0.481 e. The predicted octanol–water partition coefficient (Wildman–Crippen LogP) is 9.79. The van der Waals surface area contributed by atoms with E-state index in [9.17, 15) is 28.2 Å². The lowest BCUT2D eigenvalue weighted by Crippen LogP contribution is -2.72. The van der Waals surface area contributed by atoms with Gasteiger partial charge in [0.15, 0.2) is 0 Å². The third kappa shape index (κ3) is 7.33. The molecule has 376 valence electrons. The highest BCUT2D eigenvalue weighted by molar-refractivity contribution is 7.89. The number of sulfonamides is 1. The minimum atomic E-state index is -3.31. The van der Waals surface area contributed by atoms with Crippen LogP contribution in [0.2, 0.25) is 0 Å². The number of rotatable bonds is 13. The molecule has 8 aliphatic rings. The van der Waals surface area contributed by atoms with E-state index in [0.29, 0.717) is 67.6 Å². The molecule has 67 heavy (non-hydrogen) atoms. The van der Waals surface area contributed by atoms with Crippen molar-refractivity contribution in [3.8, 4) is 0 Å². The number of ether oxygens (including phenoxy) is 1. The zero-order valence-electron chi connectivity index (χ0n) is 43.3. The Morgan fingerprint density at radius 1 is 0.761 bits per heavy atom. The van der Waals surface area contributed by atoms with Crippen molar-refractivity contribution in [2.45, 2.75) is 189 Å². The topological polar surface area (TPSA) is 136 Å². The zero-order chi connectivity index (χ0) is 48.5. The van der Waals surface area contributed by atoms with E-state index < -0.39 is 44.1 Å². The van der Waals surface area contributed by atoms with Gasteiger partial charge in [-0.05, 0) is 178 Å². The number of carboxylic acids is 1.